The number of non-ortho nitro benzene ring substituents is 1. The van der Waals surface area contributed by atoms with Gasteiger partial charge in [-0.15, -0.1) is 5.75 Å². The first-order chi connectivity index (χ1) is 15.7. The fourth-order valence-corrected chi connectivity index (χ4v) is 4.90. The number of ketones is 1. The van der Waals surface area contributed by atoms with Gasteiger partial charge in [-0.25, -0.2) is 4.68 Å². The van der Waals surface area contributed by atoms with Gasteiger partial charge in [-0.05, 0) is 23.1 Å². The summed E-state index contributed by atoms with van der Waals surface area (Å²) in [4.78, 5) is 37.7. The van der Waals surface area contributed by atoms with Crippen molar-refractivity contribution >= 4 is 17.3 Å². The summed E-state index contributed by atoms with van der Waals surface area (Å²) in [6.07, 6.45) is 2.17. The lowest BCUT2D eigenvalue weighted by atomic mass is 9.67. The third-order valence-corrected chi connectivity index (χ3v) is 6.25. The lowest BCUT2D eigenvalue weighted by molar-refractivity contribution is -0.385. The number of fused-ring (bicyclic) bond motifs is 2. The zero-order valence-corrected chi connectivity index (χ0v) is 18.0. The van der Waals surface area contributed by atoms with Crippen LogP contribution < -0.4 is 16.0 Å². The first-order valence-electron chi connectivity index (χ1n) is 10.5. The van der Waals surface area contributed by atoms with Crippen LogP contribution in [-0.2, 0) is 4.79 Å². The molecule has 2 aromatic carbocycles. The number of H-pyrrole nitrogens is 1. The maximum absolute atomic E-state index is 13.6. The van der Waals surface area contributed by atoms with Gasteiger partial charge in [-0.2, -0.15) is 0 Å². The highest BCUT2D eigenvalue weighted by molar-refractivity contribution is 5.90. The molecule has 0 saturated heterocycles. The van der Waals surface area contributed by atoms with Gasteiger partial charge in [-0.1, -0.05) is 44.2 Å². The van der Waals surface area contributed by atoms with Gasteiger partial charge in [0.05, 0.1) is 22.1 Å². The Balaban J connectivity index is 1.80. The number of hydrogen-bond donors (Lipinski definition) is 2. The third kappa shape index (κ3) is 3.32. The molecule has 0 bridgehead atoms. The van der Waals surface area contributed by atoms with Crippen molar-refractivity contribution in [3.63, 3.8) is 0 Å². The Kier molecular flexibility index (Phi) is 4.52. The Hall–Kier alpha value is -4.14. The molecule has 0 spiro atoms. The lowest BCUT2D eigenvalue weighted by Gasteiger charge is -2.40. The van der Waals surface area contributed by atoms with Gasteiger partial charge in [0, 0.05) is 30.2 Å². The molecule has 0 fully saturated rings. The fraction of sp³-hybridized carbons (Fsp3) is 0.250. The molecule has 2 aliphatic rings. The van der Waals surface area contributed by atoms with Gasteiger partial charge in [0.15, 0.2) is 0 Å². The molecular formula is C24H21N4O5-. The minimum absolute atomic E-state index is 0.0622. The normalized spacial score (nSPS) is 20.9. The Morgan fingerprint density at radius 1 is 1.09 bits per heavy atom. The standard InChI is InChI=1S/C24H22N4O5/c1-24(2)11-16-20(18(30)12-24)19(15-10-14(28(32)33)8-9-17(15)29)21-22(25-16)26-27(23(21)31)13-6-4-3-5-7-13/h3-11,19-20,25-26,29H,12H2,1-2H3/p-1/t19-,20-/m1/s1. The molecule has 2 atom stereocenters. The van der Waals surface area contributed by atoms with E-state index in [1.165, 1.54) is 10.7 Å². The number of aromatic amines is 1. The Labute approximate surface area is 188 Å². The Bertz CT molecular complexity index is 1380. The molecule has 0 radical (unpaired) electrons. The van der Waals surface area contributed by atoms with Gasteiger partial charge in [0.25, 0.3) is 11.2 Å². The summed E-state index contributed by atoms with van der Waals surface area (Å²) in [5, 5.41) is 30.6. The van der Waals surface area contributed by atoms with Crippen LogP contribution in [0.5, 0.6) is 5.75 Å². The summed E-state index contributed by atoms with van der Waals surface area (Å²) in [6, 6.07) is 12.4. The summed E-state index contributed by atoms with van der Waals surface area (Å²) in [7, 11) is 0. The minimum atomic E-state index is -0.947. The molecule has 2 N–H and O–H groups in total. The predicted octanol–water partition coefficient (Wildman–Crippen LogP) is 3.20. The second-order valence-corrected chi connectivity index (χ2v) is 9.17. The van der Waals surface area contributed by atoms with Crippen LogP contribution in [0, 0.1) is 21.4 Å². The van der Waals surface area contributed by atoms with E-state index in [-0.39, 0.29) is 29.0 Å². The summed E-state index contributed by atoms with van der Waals surface area (Å²) in [6.45, 7) is 3.87. The maximum atomic E-state index is 13.6. The van der Waals surface area contributed by atoms with Crippen LogP contribution in [0.15, 0.2) is 65.1 Å². The first-order valence-corrected chi connectivity index (χ1v) is 10.5. The number of benzene rings is 2. The molecule has 2 heterocycles. The van der Waals surface area contributed by atoms with Crippen molar-refractivity contribution in [3.8, 4) is 11.4 Å². The number of nitro benzene ring substituents is 1. The van der Waals surface area contributed by atoms with E-state index in [4.69, 9.17) is 0 Å². The average molecular weight is 445 g/mol. The minimum Gasteiger partial charge on any atom is -0.872 e. The fourth-order valence-electron chi connectivity index (χ4n) is 4.90. The number of carbonyl (C=O) groups is 1. The van der Waals surface area contributed by atoms with Gasteiger partial charge in [0.1, 0.15) is 11.6 Å². The van der Waals surface area contributed by atoms with Crippen molar-refractivity contribution in [3.05, 3.63) is 91.9 Å². The molecule has 0 saturated carbocycles. The number of anilines is 1. The molecule has 0 unspecified atom stereocenters. The Morgan fingerprint density at radius 2 is 1.82 bits per heavy atom. The SMILES string of the molecule is CC1(C)C=C2Nc3[nH]n(-c4ccccc4)c(=O)c3[C@H](c3cc([N+](=O)[O-])ccc3[O-])[C@H]2C(=O)C1. The van der Waals surface area contributed by atoms with Crippen LogP contribution in [0.2, 0.25) is 0 Å². The highest BCUT2D eigenvalue weighted by Crippen LogP contribution is 2.49. The van der Waals surface area contributed by atoms with E-state index in [0.29, 0.717) is 17.2 Å². The van der Waals surface area contributed by atoms with Crippen molar-refractivity contribution in [2.75, 3.05) is 5.32 Å². The van der Waals surface area contributed by atoms with Gasteiger partial charge < -0.3 is 10.4 Å². The Morgan fingerprint density at radius 3 is 2.52 bits per heavy atom. The number of hydrogen-bond acceptors (Lipinski definition) is 6. The summed E-state index contributed by atoms with van der Waals surface area (Å²) in [5.74, 6) is -1.97. The summed E-state index contributed by atoms with van der Waals surface area (Å²) >= 11 is 0. The second-order valence-electron chi connectivity index (χ2n) is 9.17. The van der Waals surface area contributed by atoms with Crippen molar-refractivity contribution in [1.29, 1.82) is 0 Å². The summed E-state index contributed by atoms with van der Waals surface area (Å²) < 4.78 is 1.35. The van der Waals surface area contributed by atoms with Crippen LogP contribution in [0.3, 0.4) is 0 Å². The van der Waals surface area contributed by atoms with E-state index in [0.717, 1.165) is 12.1 Å². The van der Waals surface area contributed by atoms with Crippen LogP contribution >= 0.6 is 0 Å². The van der Waals surface area contributed by atoms with E-state index in [9.17, 15) is 24.8 Å². The molecule has 1 aromatic heterocycles. The second kappa shape index (κ2) is 7.19. The number of nitrogens with one attached hydrogen (secondary N) is 2. The predicted molar refractivity (Wildman–Crippen MR) is 119 cm³/mol. The number of carbonyl (C=O) groups excluding carboxylic acids is 1. The van der Waals surface area contributed by atoms with E-state index < -0.39 is 33.5 Å². The monoisotopic (exact) mass is 445 g/mol. The quantitative estimate of drug-likeness (QED) is 0.470. The highest BCUT2D eigenvalue weighted by atomic mass is 16.6. The topological polar surface area (TPSA) is 133 Å². The average Bonchev–Trinajstić information content (AvgIpc) is 3.08. The van der Waals surface area contributed by atoms with Crippen molar-refractivity contribution in [2.24, 2.45) is 11.3 Å². The van der Waals surface area contributed by atoms with E-state index in [2.05, 4.69) is 10.4 Å². The zero-order chi connectivity index (χ0) is 23.5. The molecule has 1 aliphatic carbocycles. The third-order valence-electron chi connectivity index (χ3n) is 6.25. The van der Waals surface area contributed by atoms with Gasteiger partial charge >= 0.3 is 0 Å². The lowest BCUT2D eigenvalue weighted by Crippen LogP contribution is -2.40. The molecule has 168 valence electrons. The highest BCUT2D eigenvalue weighted by Gasteiger charge is 2.46. The van der Waals surface area contributed by atoms with Crippen LogP contribution in [-0.4, -0.2) is 20.5 Å². The number of nitro groups is 1. The number of Topliss-reactive ketones (excluding diaryl/α,β-unsaturated/α-hetero) is 1. The number of aromatic nitrogens is 2. The molecule has 0 amide bonds. The summed E-state index contributed by atoms with van der Waals surface area (Å²) in [5.41, 5.74) is 0.347. The number of para-hydroxylation sites is 1. The van der Waals surface area contributed by atoms with Crippen molar-refractivity contribution < 1.29 is 14.8 Å². The molecule has 5 rings (SSSR count). The number of allylic oxidation sites excluding steroid dienone is 2. The molecule has 33 heavy (non-hydrogen) atoms. The molecule has 1 aliphatic heterocycles. The van der Waals surface area contributed by atoms with Crippen LogP contribution in [0.1, 0.15) is 37.3 Å². The molecule has 9 nitrogen and oxygen atoms in total. The van der Waals surface area contributed by atoms with Crippen molar-refractivity contribution in [1.82, 2.24) is 9.78 Å². The smallest absolute Gasteiger partial charge is 0.277 e. The zero-order valence-electron chi connectivity index (χ0n) is 18.0. The van der Waals surface area contributed by atoms with Crippen molar-refractivity contribution in [2.45, 2.75) is 26.2 Å². The van der Waals surface area contributed by atoms with E-state index in [1.54, 1.807) is 24.3 Å². The van der Waals surface area contributed by atoms with Gasteiger partial charge in [0.2, 0.25) is 0 Å². The number of nitrogens with zero attached hydrogens (tertiary/aromatic N) is 2. The van der Waals surface area contributed by atoms with E-state index in [1.807, 2.05) is 26.0 Å². The maximum Gasteiger partial charge on any atom is 0.277 e. The molecular weight excluding hydrogens is 424 g/mol. The van der Waals surface area contributed by atoms with Crippen LogP contribution in [0.4, 0.5) is 11.5 Å². The first kappa shape index (κ1) is 20.7. The van der Waals surface area contributed by atoms with Gasteiger partial charge in [-0.3, -0.25) is 24.8 Å². The van der Waals surface area contributed by atoms with Crippen LogP contribution in [0.25, 0.3) is 5.69 Å². The largest absolute Gasteiger partial charge is 0.872 e. The molecule has 3 aromatic rings. The number of rotatable bonds is 3. The van der Waals surface area contributed by atoms with E-state index >= 15 is 0 Å². The molecule has 9 heteroatoms.